The summed E-state index contributed by atoms with van der Waals surface area (Å²) in [5.74, 6) is -0.848. The molecular formula is C15H15NO2. The maximum atomic E-state index is 11.0. The van der Waals surface area contributed by atoms with Crippen LogP contribution in [0.2, 0.25) is 0 Å². The molecule has 2 rings (SSSR count). The summed E-state index contributed by atoms with van der Waals surface area (Å²) in [7, 11) is 0. The molecule has 18 heavy (non-hydrogen) atoms. The second-order valence-corrected chi connectivity index (χ2v) is 4.15. The Bertz CT molecular complexity index is 520. The first-order valence-corrected chi connectivity index (χ1v) is 5.78. The minimum Gasteiger partial charge on any atom is -0.480 e. The van der Waals surface area contributed by atoms with Crippen LogP contribution in [0.3, 0.4) is 0 Å². The summed E-state index contributed by atoms with van der Waals surface area (Å²) in [6, 6.07) is 17.4. The zero-order chi connectivity index (χ0) is 13.0. The molecule has 1 N–H and O–H groups in total. The van der Waals surface area contributed by atoms with E-state index in [9.17, 15) is 4.79 Å². The van der Waals surface area contributed by atoms with Gasteiger partial charge in [-0.15, -0.1) is 0 Å². The molecule has 0 fully saturated rings. The molecule has 0 aliphatic rings. The molecular weight excluding hydrogens is 226 g/mol. The van der Waals surface area contributed by atoms with E-state index in [1.165, 1.54) is 0 Å². The lowest BCUT2D eigenvalue weighted by Gasteiger charge is -2.23. The molecule has 0 aliphatic heterocycles. The van der Waals surface area contributed by atoms with Gasteiger partial charge in [-0.05, 0) is 31.2 Å². The van der Waals surface area contributed by atoms with Gasteiger partial charge in [-0.2, -0.15) is 0 Å². The van der Waals surface area contributed by atoms with Gasteiger partial charge in [0.2, 0.25) is 0 Å². The molecule has 0 heterocycles. The third-order valence-electron chi connectivity index (χ3n) is 2.71. The minimum absolute atomic E-state index is 0.0485. The lowest BCUT2D eigenvalue weighted by molar-refractivity contribution is -0.135. The van der Waals surface area contributed by atoms with E-state index in [1.807, 2.05) is 61.5 Å². The van der Waals surface area contributed by atoms with E-state index in [0.717, 1.165) is 16.9 Å². The van der Waals surface area contributed by atoms with E-state index in [4.69, 9.17) is 5.11 Å². The van der Waals surface area contributed by atoms with Crippen molar-refractivity contribution in [3.05, 3.63) is 60.2 Å². The van der Waals surface area contributed by atoms with Crippen LogP contribution in [0.5, 0.6) is 0 Å². The fourth-order valence-electron chi connectivity index (χ4n) is 1.80. The number of carboxylic acid groups (broad SMARTS) is 1. The molecule has 0 saturated carbocycles. The Morgan fingerprint density at radius 2 is 1.56 bits per heavy atom. The van der Waals surface area contributed by atoms with Crippen molar-refractivity contribution in [3.63, 3.8) is 0 Å². The summed E-state index contributed by atoms with van der Waals surface area (Å²) in [6.07, 6.45) is 0. The fraction of sp³-hybridized carbons (Fsp3) is 0.133. The molecule has 2 aromatic carbocycles. The molecule has 3 heteroatoms. The molecule has 0 spiro atoms. The largest absolute Gasteiger partial charge is 0.480 e. The van der Waals surface area contributed by atoms with Gasteiger partial charge in [-0.3, -0.25) is 4.79 Å². The van der Waals surface area contributed by atoms with Gasteiger partial charge in [0, 0.05) is 11.4 Å². The van der Waals surface area contributed by atoms with Crippen LogP contribution in [-0.4, -0.2) is 17.6 Å². The zero-order valence-electron chi connectivity index (χ0n) is 10.2. The molecule has 0 aliphatic carbocycles. The second-order valence-electron chi connectivity index (χ2n) is 4.15. The Hall–Kier alpha value is -2.29. The van der Waals surface area contributed by atoms with Crippen LogP contribution in [0.1, 0.15) is 5.56 Å². The first-order valence-electron chi connectivity index (χ1n) is 5.78. The van der Waals surface area contributed by atoms with Gasteiger partial charge in [0.15, 0.2) is 0 Å². The smallest absolute Gasteiger partial charge is 0.323 e. The van der Waals surface area contributed by atoms with E-state index in [0.29, 0.717) is 0 Å². The van der Waals surface area contributed by atoms with Gasteiger partial charge in [0.1, 0.15) is 6.54 Å². The number of nitrogens with zero attached hydrogens (tertiary/aromatic N) is 1. The van der Waals surface area contributed by atoms with Crippen molar-refractivity contribution < 1.29 is 9.90 Å². The van der Waals surface area contributed by atoms with Crippen LogP contribution in [0.15, 0.2) is 54.6 Å². The Balaban J connectivity index is 2.36. The highest BCUT2D eigenvalue weighted by Gasteiger charge is 2.12. The van der Waals surface area contributed by atoms with Gasteiger partial charge >= 0.3 is 5.97 Å². The van der Waals surface area contributed by atoms with Crippen LogP contribution >= 0.6 is 0 Å². The second kappa shape index (κ2) is 5.36. The zero-order valence-corrected chi connectivity index (χ0v) is 10.2. The topological polar surface area (TPSA) is 40.5 Å². The molecule has 3 nitrogen and oxygen atoms in total. The van der Waals surface area contributed by atoms with Gasteiger partial charge in [-0.1, -0.05) is 35.9 Å². The highest BCUT2D eigenvalue weighted by molar-refractivity contribution is 5.78. The molecule has 0 atom stereocenters. The van der Waals surface area contributed by atoms with Crippen molar-refractivity contribution in [1.82, 2.24) is 0 Å². The summed E-state index contributed by atoms with van der Waals surface area (Å²) >= 11 is 0. The van der Waals surface area contributed by atoms with Crippen LogP contribution in [0.25, 0.3) is 0 Å². The maximum absolute atomic E-state index is 11.0. The number of para-hydroxylation sites is 1. The van der Waals surface area contributed by atoms with E-state index in [1.54, 1.807) is 4.90 Å². The van der Waals surface area contributed by atoms with E-state index < -0.39 is 5.97 Å². The number of hydrogen-bond acceptors (Lipinski definition) is 2. The number of hydrogen-bond donors (Lipinski definition) is 1. The highest BCUT2D eigenvalue weighted by atomic mass is 16.4. The Labute approximate surface area is 106 Å². The van der Waals surface area contributed by atoms with E-state index in [2.05, 4.69) is 0 Å². The lowest BCUT2D eigenvalue weighted by atomic mass is 10.2. The molecule has 0 radical (unpaired) electrons. The lowest BCUT2D eigenvalue weighted by Crippen LogP contribution is -2.24. The Morgan fingerprint density at radius 1 is 1.00 bits per heavy atom. The number of carbonyl (C=O) groups is 1. The highest BCUT2D eigenvalue weighted by Crippen LogP contribution is 2.24. The first kappa shape index (κ1) is 12.2. The van der Waals surface area contributed by atoms with Gasteiger partial charge in [0.05, 0.1) is 0 Å². The Kier molecular flexibility index (Phi) is 3.63. The van der Waals surface area contributed by atoms with E-state index >= 15 is 0 Å². The Morgan fingerprint density at radius 3 is 2.11 bits per heavy atom. The predicted molar refractivity (Wildman–Crippen MR) is 72.3 cm³/mol. The third-order valence-corrected chi connectivity index (χ3v) is 2.71. The van der Waals surface area contributed by atoms with Crippen molar-refractivity contribution in [2.75, 3.05) is 11.4 Å². The molecule has 0 bridgehead atoms. The van der Waals surface area contributed by atoms with Crippen LogP contribution in [0, 0.1) is 6.92 Å². The molecule has 0 saturated heterocycles. The summed E-state index contributed by atoms with van der Waals surface area (Å²) in [6.45, 7) is 1.96. The molecule has 0 aromatic heterocycles. The van der Waals surface area contributed by atoms with Crippen molar-refractivity contribution in [1.29, 1.82) is 0 Å². The van der Waals surface area contributed by atoms with Crippen LogP contribution in [-0.2, 0) is 4.79 Å². The molecule has 0 amide bonds. The summed E-state index contributed by atoms with van der Waals surface area (Å²) in [5.41, 5.74) is 2.92. The number of aliphatic carboxylic acids is 1. The van der Waals surface area contributed by atoms with Crippen LogP contribution in [0.4, 0.5) is 11.4 Å². The fourth-order valence-corrected chi connectivity index (χ4v) is 1.80. The average Bonchev–Trinajstić information content (AvgIpc) is 2.38. The summed E-state index contributed by atoms with van der Waals surface area (Å²) < 4.78 is 0. The normalized spacial score (nSPS) is 10.1. The quantitative estimate of drug-likeness (QED) is 0.893. The van der Waals surface area contributed by atoms with Crippen molar-refractivity contribution in [2.45, 2.75) is 6.92 Å². The minimum atomic E-state index is -0.848. The first-order chi connectivity index (χ1) is 8.66. The van der Waals surface area contributed by atoms with Gasteiger partial charge in [-0.25, -0.2) is 0 Å². The molecule has 2 aromatic rings. The number of carboxylic acids is 1. The summed E-state index contributed by atoms with van der Waals surface area (Å²) in [5, 5.41) is 9.02. The predicted octanol–water partition coefficient (Wildman–Crippen LogP) is 3.22. The SMILES string of the molecule is Cc1ccc(N(CC(=O)O)c2ccccc2)cc1. The maximum Gasteiger partial charge on any atom is 0.323 e. The van der Waals surface area contributed by atoms with Gasteiger partial charge in [0.25, 0.3) is 0 Å². The number of aryl methyl sites for hydroxylation is 1. The number of benzene rings is 2. The van der Waals surface area contributed by atoms with Crippen molar-refractivity contribution in [3.8, 4) is 0 Å². The monoisotopic (exact) mass is 241 g/mol. The molecule has 0 unspecified atom stereocenters. The summed E-state index contributed by atoms with van der Waals surface area (Å²) in [4.78, 5) is 12.8. The van der Waals surface area contributed by atoms with Gasteiger partial charge < -0.3 is 10.0 Å². The number of anilines is 2. The van der Waals surface area contributed by atoms with Crippen molar-refractivity contribution >= 4 is 17.3 Å². The average molecular weight is 241 g/mol. The third kappa shape index (κ3) is 2.88. The van der Waals surface area contributed by atoms with Crippen LogP contribution < -0.4 is 4.90 Å². The number of rotatable bonds is 4. The molecule has 92 valence electrons. The van der Waals surface area contributed by atoms with E-state index in [-0.39, 0.29) is 6.54 Å². The standard InChI is InChI=1S/C15H15NO2/c1-12-7-9-14(10-8-12)16(11-15(17)18)13-5-3-2-4-6-13/h2-10H,11H2,1H3,(H,17,18). The van der Waals surface area contributed by atoms with Crippen molar-refractivity contribution in [2.24, 2.45) is 0 Å².